The van der Waals surface area contributed by atoms with Crippen LogP contribution in [0.25, 0.3) is 0 Å². The van der Waals surface area contributed by atoms with Crippen molar-refractivity contribution in [2.75, 3.05) is 13.2 Å². The van der Waals surface area contributed by atoms with Crippen LogP contribution >= 0.6 is 0 Å². The van der Waals surface area contributed by atoms with Crippen LogP contribution in [0.1, 0.15) is 45.4 Å². The largest absolute Gasteiger partial charge is 0.481 e. The molecule has 100 valence electrons. The second-order valence-corrected chi connectivity index (χ2v) is 4.39. The summed E-state index contributed by atoms with van der Waals surface area (Å²) in [4.78, 5) is 21.8. The Balaban J connectivity index is 3.43. The lowest BCUT2D eigenvalue weighted by Crippen LogP contribution is -2.26. The Bertz CT molecular complexity index is 231. The molecule has 0 saturated carbocycles. The minimum Gasteiger partial charge on any atom is -0.481 e. The summed E-state index contributed by atoms with van der Waals surface area (Å²) in [5, 5.41) is 19.9. The summed E-state index contributed by atoms with van der Waals surface area (Å²) in [6.45, 7) is 2.61. The zero-order chi connectivity index (χ0) is 13.1. The maximum absolute atomic E-state index is 11.4. The summed E-state index contributed by atoms with van der Waals surface area (Å²) in [7, 11) is 0. The Kier molecular flexibility index (Phi) is 9.43. The van der Waals surface area contributed by atoms with Crippen LogP contribution in [0.4, 0.5) is 0 Å². The molecule has 0 aliphatic rings. The summed E-state index contributed by atoms with van der Waals surface area (Å²) in [6.07, 6.45) is 3.98. The average Bonchev–Trinajstić information content (AvgIpc) is 2.21. The molecule has 1 unspecified atom stereocenters. The van der Waals surface area contributed by atoms with Gasteiger partial charge in [0.1, 0.15) is 0 Å². The summed E-state index contributed by atoms with van der Waals surface area (Å²) in [5.74, 6) is -1.07. The second-order valence-electron chi connectivity index (χ2n) is 4.39. The molecule has 0 fully saturated rings. The van der Waals surface area contributed by atoms with Crippen LogP contribution in [0.2, 0.25) is 0 Å². The number of aliphatic hydroxyl groups excluding tert-OH is 1. The van der Waals surface area contributed by atoms with Crippen LogP contribution in [0.15, 0.2) is 0 Å². The molecule has 0 aliphatic heterocycles. The smallest absolute Gasteiger partial charge is 0.303 e. The molecule has 0 rings (SSSR count). The normalized spacial score (nSPS) is 12.1. The Morgan fingerprint density at radius 1 is 1.12 bits per heavy atom. The van der Waals surface area contributed by atoms with E-state index in [0.29, 0.717) is 6.54 Å². The van der Waals surface area contributed by atoms with Gasteiger partial charge in [0.2, 0.25) is 5.91 Å². The molecule has 5 heteroatoms. The third kappa shape index (κ3) is 11.2. The monoisotopic (exact) mass is 245 g/mol. The molecule has 1 amide bonds. The summed E-state index contributed by atoms with van der Waals surface area (Å²) < 4.78 is 0. The Morgan fingerprint density at radius 3 is 2.35 bits per heavy atom. The van der Waals surface area contributed by atoms with E-state index in [0.717, 1.165) is 25.7 Å². The Labute approximate surface area is 102 Å². The second kappa shape index (κ2) is 10.1. The highest BCUT2D eigenvalue weighted by molar-refractivity contribution is 5.77. The number of rotatable bonds is 10. The summed E-state index contributed by atoms with van der Waals surface area (Å²) in [6, 6.07) is 0. The van der Waals surface area contributed by atoms with E-state index < -0.39 is 5.97 Å². The van der Waals surface area contributed by atoms with E-state index in [-0.39, 0.29) is 31.3 Å². The van der Waals surface area contributed by atoms with Gasteiger partial charge >= 0.3 is 5.97 Å². The van der Waals surface area contributed by atoms with E-state index in [1.807, 2.05) is 0 Å². The first-order valence-electron chi connectivity index (χ1n) is 6.15. The molecule has 17 heavy (non-hydrogen) atoms. The van der Waals surface area contributed by atoms with Crippen molar-refractivity contribution < 1.29 is 19.8 Å². The number of hydrogen-bond acceptors (Lipinski definition) is 3. The summed E-state index contributed by atoms with van der Waals surface area (Å²) in [5.41, 5.74) is 0. The molecular weight excluding hydrogens is 222 g/mol. The Hall–Kier alpha value is -1.10. The van der Waals surface area contributed by atoms with Crippen molar-refractivity contribution in [1.29, 1.82) is 0 Å². The topological polar surface area (TPSA) is 86.6 Å². The summed E-state index contributed by atoms with van der Waals surface area (Å²) >= 11 is 0. The standard InChI is InChI=1S/C12H23NO4/c1-10(9-12(16)17)8-11(15)13-6-4-2-3-5-7-14/h10,14H,2-9H2,1H3,(H,13,15)(H,16,17). The van der Waals surface area contributed by atoms with Crippen LogP contribution in [0.3, 0.4) is 0 Å². The third-order valence-electron chi connectivity index (χ3n) is 2.46. The van der Waals surface area contributed by atoms with Gasteiger partial charge in [0, 0.05) is 26.0 Å². The van der Waals surface area contributed by atoms with E-state index >= 15 is 0 Å². The lowest BCUT2D eigenvalue weighted by molar-refractivity contribution is -0.138. The van der Waals surface area contributed by atoms with Gasteiger partial charge in [0.25, 0.3) is 0 Å². The fourth-order valence-electron chi connectivity index (χ4n) is 1.58. The lowest BCUT2D eigenvalue weighted by Gasteiger charge is -2.09. The molecule has 0 aromatic carbocycles. The van der Waals surface area contributed by atoms with Crippen molar-refractivity contribution in [3.63, 3.8) is 0 Å². The van der Waals surface area contributed by atoms with Gasteiger partial charge in [0.05, 0.1) is 0 Å². The van der Waals surface area contributed by atoms with Gasteiger partial charge in [-0.25, -0.2) is 0 Å². The highest BCUT2D eigenvalue weighted by atomic mass is 16.4. The van der Waals surface area contributed by atoms with E-state index in [9.17, 15) is 9.59 Å². The van der Waals surface area contributed by atoms with Gasteiger partial charge in [-0.2, -0.15) is 0 Å². The zero-order valence-corrected chi connectivity index (χ0v) is 10.4. The first-order chi connectivity index (χ1) is 8.06. The van der Waals surface area contributed by atoms with Crippen LogP contribution in [0, 0.1) is 5.92 Å². The Morgan fingerprint density at radius 2 is 1.76 bits per heavy atom. The highest BCUT2D eigenvalue weighted by Gasteiger charge is 2.11. The molecular formula is C12H23NO4. The molecule has 0 heterocycles. The molecule has 0 aliphatic carbocycles. The number of unbranched alkanes of at least 4 members (excludes halogenated alkanes) is 3. The molecule has 0 spiro atoms. The quantitative estimate of drug-likeness (QED) is 0.504. The average molecular weight is 245 g/mol. The zero-order valence-electron chi connectivity index (χ0n) is 10.4. The van der Waals surface area contributed by atoms with Crippen molar-refractivity contribution in [1.82, 2.24) is 5.32 Å². The number of carboxylic acids is 1. The molecule has 0 aromatic heterocycles. The van der Waals surface area contributed by atoms with Gasteiger partial charge in [-0.1, -0.05) is 19.8 Å². The number of aliphatic hydroxyl groups is 1. The number of nitrogens with one attached hydrogen (secondary N) is 1. The van der Waals surface area contributed by atoms with Crippen molar-refractivity contribution in [3.8, 4) is 0 Å². The highest BCUT2D eigenvalue weighted by Crippen LogP contribution is 2.06. The molecule has 0 aromatic rings. The van der Waals surface area contributed by atoms with Gasteiger partial charge in [-0.05, 0) is 18.8 Å². The first-order valence-corrected chi connectivity index (χ1v) is 6.15. The number of carbonyl (C=O) groups is 2. The van der Waals surface area contributed by atoms with E-state index in [1.54, 1.807) is 6.92 Å². The van der Waals surface area contributed by atoms with Crippen molar-refractivity contribution in [2.24, 2.45) is 5.92 Å². The van der Waals surface area contributed by atoms with Crippen molar-refractivity contribution in [3.05, 3.63) is 0 Å². The van der Waals surface area contributed by atoms with E-state index in [2.05, 4.69) is 5.32 Å². The molecule has 0 saturated heterocycles. The minimum absolute atomic E-state index is 0.0317. The number of amides is 1. The van der Waals surface area contributed by atoms with Crippen LogP contribution in [0.5, 0.6) is 0 Å². The SMILES string of the molecule is CC(CC(=O)O)CC(=O)NCCCCCCO. The van der Waals surface area contributed by atoms with Crippen LogP contribution in [-0.2, 0) is 9.59 Å². The fraction of sp³-hybridized carbons (Fsp3) is 0.833. The van der Waals surface area contributed by atoms with Gasteiger partial charge < -0.3 is 15.5 Å². The maximum Gasteiger partial charge on any atom is 0.303 e. The molecule has 0 bridgehead atoms. The number of carboxylic acid groups (broad SMARTS) is 1. The number of aliphatic carboxylic acids is 1. The predicted molar refractivity (Wildman–Crippen MR) is 64.6 cm³/mol. The van der Waals surface area contributed by atoms with Crippen molar-refractivity contribution in [2.45, 2.75) is 45.4 Å². The molecule has 5 nitrogen and oxygen atoms in total. The molecule has 3 N–H and O–H groups in total. The van der Waals surface area contributed by atoms with E-state index in [4.69, 9.17) is 10.2 Å². The van der Waals surface area contributed by atoms with E-state index in [1.165, 1.54) is 0 Å². The van der Waals surface area contributed by atoms with Gasteiger partial charge in [-0.3, -0.25) is 9.59 Å². The van der Waals surface area contributed by atoms with Crippen LogP contribution < -0.4 is 5.32 Å². The predicted octanol–water partition coefficient (Wildman–Crippen LogP) is 1.16. The number of carbonyl (C=O) groups excluding carboxylic acids is 1. The fourth-order valence-corrected chi connectivity index (χ4v) is 1.58. The van der Waals surface area contributed by atoms with Crippen molar-refractivity contribution >= 4 is 11.9 Å². The molecule has 0 radical (unpaired) electrons. The molecule has 1 atom stereocenters. The minimum atomic E-state index is -0.866. The third-order valence-corrected chi connectivity index (χ3v) is 2.46. The number of hydrogen-bond donors (Lipinski definition) is 3. The van der Waals surface area contributed by atoms with Crippen LogP contribution in [-0.4, -0.2) is 35.2 Å². The first kappa shape index (κ1) is 15.9. The van der Waals surface area contributed by atoms with Gasteiger partial charge in [0.15, 0.2) is 0 Å². The van der Waals surface area contributed by atoms with Gasteiger partial charge in [-0.15, -0.1) is 0 Å². The lowest BCUT2D eigenvalue weighted by atomic mass is 10.0. The maximum atomic E-state index is 11.4.